The van der Waals surface area contributed by atoms with E-state index in [1.165, 1.54) is 56.8 Å². The van der Waals surface area contributed by atoms with Crippen LogP contribution >= 0.6 is 0 Å². The number of rotatable bonds is 5. The molecule has 2 aliphatic rings. The summed E-state index contributed by atoms with van der Waals surface area (Å²) < 4.78 is 0. The highest BCUT2D eigenvalue weighted by molar-refractivity contribution is 5.93. The minimum Gasteiger partial charge on any atom is -0.293 e. The zero-order valence-electron chi connectivity index (χ0n) is 18.1. The first kappa shape index (κ1) is 21.6. The quantitative estimate of drug-likeness (QED) is 0.620. The van der Waals surface area contributed by atoms with Gasteiger partial charge in [0.1, 0.15) is 12.0 Å². The number of aromatic nitrogens is 2. The van der Waals surface area contributed by atoms with Crippen LogP contribution in [0.1, 0.15) is 86.1 Å². The molecule has 0 spiro atoms. The number of benzene rings is 1. The van der Waals surface area contributed by atoms with Crippen molar-refractivity contribution >= 4 is 5.78 Å². The minimum atomic E-state index is 0.0279. The fraction of sp³-hybridized carbons (Fsp3) is 0.560. The summed E-state index contributed by atoms with van der Waals surface area (Å²) in [7, 11) is 0. The largest absolute Gasteiger partial charge is 0.293 e. The summed E-state index contributed by atoms with van der Waals surface area (Å²) in [5, 5.41) is 0. The molecule has 1 aliphatic carbocycles. The van der Waals surface area contributed by atoms with Crippen LogP contribution in [-0.4, -0.2) is 27.2 Å². The average molecular weight is 394 g/mol. The van der Waals surface area contributed by atoms with E-state index in [0.29, 0.717) is 5.69 Å². The summed E-state index contributed by atoms with van der Waals surface area (Å²) in [6, 6.07) is 10.4. The Morgan fingerprint density at radius 3 is 2.55 bits per heavy atom. The monoisotopic (exact) mass is 393 g/mol. The smallest absolute Gasteiger partial charge is 0.178 e. The van der Waals surface area contributed by atoms with E-state index in [-0.39, 0.29) is 5.78 Å². The number of carbonyl (C=O) groups is 1. The van der Waals surface area contributed by atoms with Crippen molar-refractivity contribution in [2.45, 2.75) is 78.3 Å². The van der Waals surface area contributed by atoms with Gasteiger partial charge in [-0.05, 0) is 17.9 Å². The number of carbonyl (C=O) groups excluding carboxylic acids is 1. The minimum absolute atomic E-state index is 0.0279. The molecule has 1 aliphatic heterocycles. The van der Waals surface area contributed by atoms with E-state index < -0.39 is 0 Å². The maximum Gasteiger partial charge on any atom is 0.178 e. The van der Waals surface area contributed by atoms with E-state index in [4.69, 9.17) is 0 Å². The van der Waals surface area contributed by atoms with Gasteiger partial charge < -0.3 is 0 Å². The van der Waals surface area contributed by atoms with Crippen molar-refractivity contribution < 1.29 is 4.79 Å². The van der Waals surface area contributed by atoms with Crippen LogP contribution in [0.5, 0.6) is 0 Å². The van der Waals surface area contributed by atoms with E-state index in [2.05, 4.69) is 46.1 Å². The van der Waals surface area contributed by atoms with Crippen molar-refractivity contribution in [1.82, 2.24) is 14.9 Å². The van der Waals surface area contributed by atoms with Crippen LogP contribution in [0.15, 0.2) is 36.7 Å². The normalized spacial score (nSPS) is 17.2. The number of hydrogen-bond acceptors (Lipinski definition) is 4. The molecule has 1 fully saturated rings. The molecule has 4 heteroatoms. The maximum absolute atomic E-state index is 11.6. The summed E-state index contributed by atoms with van der Waals surface area (Å²) >= 11 is 0. The molecule has 156 valence electrons. The van der Waals surface area contributed by atoms with E-state index in [1.807, 2.05) is 6.07 Å². The highest BCUT2D eigenvalue weighted by Gasteiger charge is 2.22. The molecule has 0 atom stereocenters. The van der Waals surface area contributed by atoms with Crippen LogP contribution in [0.2, 0.25) is 0 Å². The molecule has 0 radical (unpaired) electrons. The van der Waals surface area contributed by atoms with Crippen molar-refractivity contribution in [2.24, 2.45) is 5.92 Å². The molecule has 29 heavy (non-hydrogen) atoms. The highest BCUT2D eigenvalue weighted by Crippen LogP contribution is 2.26. The third-order valence-electron chi connectivity index (χ3n) is 6.09. The predicted molar refractivity (Wildman–Crippen MR) is 118 cm³/mol. The predicted octanol–water partition coefficient (Wildman–Crippen LogP) is 5.60. The van der Waals surface area contributed by atoms with Gasteiger partial charge in [0.05, 0.1) is 5.69 Å². The van der Waals surface area contributed by atoms with Crippen LogP contribution in [-0.2, 0) is 19.5 Å². The first-order valence-electron chi connectivity index (χ1n) is 11.3. The van der Waals surface area contributed by atoms with Crippen molar-refractivity contribution in [3.05, 3.63) is 59.2 Å². The first-order chi connectivity index (χ1) is 14.2. The van der Waals surface area contributed by atoms with E-state index in [0.717, 1.165) is 43.2 Å². The van der Waals surface area contributed by atoms with Crippen molar-refractivity contribution in [3.8, 4) is 0 Å². The van der Waals surface area contributed by atoms with Gasteiger partial charge in [-0.2, -0.15) is 0 Å². The molecule has 4 nitrogen and oxygen atoms in total. The lowest BCUT2D eigenvalue weighted by atomic mass is 9.86. The van der Waals surface area contributed by atoms with Crippen LogP contribution in [0.3, 0.4) is 0 Å². The molecule has 0 N–H and O–H groups in total. The Morgan fingerprint density at radius 1 is 1.10 bits per heavy atom. The van der Waals surface area contributed by atoms with Gasteiger partial charge in [0.25, 0.3) is 0 Å². The molecule has 4 rings (SSSR count). The summed E-state index contributed by atoms with van der Waals surface area (Å²) in [5.41, 5.74) is 3.92. The fourth-order valence-corrected chi connectivity index (χ4v) is 4.57. The van der Waals surface area contributed by atoms with Gasteiger partial charge in [-0.1, -0.05) is 82.2 Å². The third kappa shape index (κ3) is 6.46. The Balaban J connectivity index is 0.000000224. The van der Waals surface area contributed by atoms with Gasteiger partial charge in [-0.15, -0.1) is 0 Å². The number of ketones is 1. The number of fused-ring (bicyclic) bond motifs is 1. The second-order valence-electron chi connectivity index (χ2n) is 8.44. The molecule has 0 amide bonds. The van der Waals surface area contributed by atoms with Gasteiger partial charge in [-0.3, -0.25) is 9.69 Å². The van der Waals surface area contributed by atoms with Gasteiger partial charge in [-0.25, -0.2) is 9.97 Å². The number of hydrogen-bond donors (Lipinski definition) is 0. The standard InChI is InChI=1S/C16H17N3O.C9H18/c1-12(20)16-14-7-8-19(10-15(14)17-11-18-16)9-13-5-3-2-4-6-13;1-2-6-9-7-4-3-5-8-9/h2-6,11H,7-10H2,1H3;9H,2-8H2,1H3. The van der Waals surface area contributed by atoms with E-state index in [9.17, 15) is 4.79 Å². The summed E-state index contributed by atoms with van der Waals surface area (Å²) in [6.07, 6.45) is 12.8. The van der Waals surface area contributed by atoms with Crippen molar-refractivity contribution in [1.29, 1.82) is 0 Å². The highest BCUT2D eigenvalue weighted by atomic mass is 16.1. The summed E-state index contributed by atoms with van der Waals surface area (Å²) in [4.78, 5) is 22.4. The first-order valence-corrected chi connectivity index (χ1v) is 11.3. The second kappa shape index (κ2) is 11.2. The van der Waals surface area contributed by atoms with Gasteiger partial charge in [0.15, 0.2) is 5.78 Å². The van der Waals surface area contributed by atoms with Crippen molar-refractivity contribution in [2.75, 3.05) is 6.54 Å². The van der Waals surface area contributed by atoms with Crippen LogP contribution < -0.4 is 0 Å². The average Bonchev–Trinajstić information content (AvgIpc) is 2.75. The maximum atomic E-state index is 11.6. The molecule has 2 heterocycles. The summed E-state index contributed by atoms with van der Waals surface area (Å²) in [5.74, 6) is 1.13. The lowest BCUT2D eigenvalue weighted by Gasteiger charge is -2.28. The Bertz CT molecular complexity index is 766. The summed E-state index contributed by atoms with van der Waals surface area (Å²) in [6.45, 7) is 6.51. The second-order valence-corrected chi connectivity index (χ2v) is 8.44. The molecular formula is C25H35N3O. The molecule has 1 aromatic carbocycles. The van der Waals surface area contributed by atoms with Gasteiger partial charge >= 0.3 is 0 Å². The molecular weight excluding hydrogens is 358 g/mol. The van der Waals surface area contributed by atoms with Crippen LogP contribution in [0.25, 0.3) is 0 Å². The Morgan fingerprint density at radius 2 is 1.86 bits per heavy atom. The molecule has 2 aromatic rings. The number of Topliss-reactive ketones (excluding diaryl/α,β-unsaturated/α-hetero) is 1. The topological polar surface area (TPSA) is 46.1 Å². The Kier molecular flexibility index (Phi) is 8.36. The third-order valence-corrected chi connectivity index (χ3v) is 6.09. The lowest BCUT2D eigenvalue weighted by molar-refractivity contribution is 0.101. The van der Waals surface area contributed by atoms with Crippen LogP contribution in [0.4, 0.5) is 0 Å². The molecule has 1 aromatic heterocycles. The van der Waals surface area contributed by atoms with Gasteiger partial charge in [0.2, 0.25) is 0 Å². The molecule has 1 saturated carbocycles. The van der Waals surface area contributed by atoms with Gasteiger partial charge in [0, 0.05) is 32.1 Å². The SMILES string of the molecule is CC(=O)c1ncnc2c1CCN(Cc1ccccc1)C2.CCCC1CCCCC1. The zero-order chi connectivity index (χ0) is 20.5. The Labute approximate surface area is 175 Å². The number of nitrogens with zero attached hydrogens (tertiary/aromatic N) is 3. The molecule has 0 saturated heterocycles. The molecule has 0 bridgehead atoms. The fourth-order valence-electron chi connectivity index (χ4n) is 4.57. The Hall–Kier alpha value is -2.07. The van der Waals surface area contributed by atoms with E-state index >= 15 is 0 Å². The molecule has 0 unspecified atom stereocenters. The van der Waals surface area contributed by atoms with Crippen LogP contribution in [0, 0.1) is 5.92 Å². The lowest BCUT2D eigenvalue weighted by Crippen LogP contribution is -2.32. The zero-order valence-corrected chi connectivity index (χ0v) is 18.1. The van der Waals surface area contributed by atoms with E-state index in [1.54, 1.807) is 6.92 Å². The van der Waals surface area contributed by atoms with Crippen molar-refractivity contribution in [3.63, 3.8) is 0 Å².